The number of nitrogens with one attached hydrogen (secondary N) is 3. The van der Waals surface area contributed by atoms with Crippen LogP contribution in [0.25, 0.3) is 0 Å². The number of sulfonamides is 1. The molecule has 20 heavy (non-hydrogen) atoms. The molecule has 1 aromatic rings. The summed E-state index contributed by atoms with van der Waals surface area (Å²) in [4.78, 5) is 5.41. The molecule has 0 bridgehead atoms. The molecule has 0 saturated carbocycles. The molecule has 6 nitrogen and oxygen atoms in total. The maximum Gasteiger partial charge on any atom is 0.208 e. The van der Waals surface area contributed by atoms with Gasteiger partial charge in [-0.15, -0.1) is 11.3 Å². The van der Waals surface area contributed by atoms with Crippen molar-refractivity contribution in [2.24, 2.45) is 4.99 Å². The molecule has 0 spiro atoms. The summed E-state index contributed by atoms with van der Waals surface area (Å²) in [5, 5.41) is 8.45. The summed E-state index contributed by atoms with van der Waals surface area (Å²) < 4.78 is 24.2. The van der Waals surface area contributed by atoms with Gasteiger partial charge in [-0.3, -0.25) is 4.99 Å². The fourth-order valence-electron chi connectivity index (χ4n) is 1.52. The summed E-state index contributed by atoms with van der Waals surface area (Å²) in [6.45, 7) is 3.91. The first-order chi connectivity index (χ1) is 9.42. The molecule has 1 aromatic heterocycles. The molecule has 0 aromatic carbocycles. The summed E-state index contributed by atoms with van der Waals surface area (Å²) in [6, 6.07) is 2.09. The number of hydrogen-bond donors (Lipinski definition) is 3. The van der Waals surface area contributed by atoms with Gasteiger partial charge in [0.25, 0.3) is 0 Å². The third-order valence-corrected chi connectivity index (χ3v) is 4.37. The van der Waals surface area contributed by atoms with Crippen molar-refractivity contribution in [3.8, 4) is 0 Å². The Hall–Kier alpha value is -1.12. The smallest absolute Gasteiger partial charge is 0.208 e. The van der Waals surface area contributed by atoms with E-state index >= 15 is 0 Å². The zero-order valence-electron chi connectivity index (χ0n) is 12.1. The Morgan fingerprint density at radius 1 is 1.35 bits per heavy atom. The Bertz CT molecular complexity index is 537. The van der Waals surface area contributed by atoms with E-state index in [1.54, 1.807) is 18.4 Å². The van der Waals surface area contributed by atoms with Crippen molar-refractivity contribution >= 4 is 27.3 Å². The number of guanidine groups is 1. The molecule has 3 N–H and O–H groups in total. The van der Waals surface area contributed by atoms with E-state index in [1.165, 1.54) is 10.4 Å². The topological polar surface area (TPSA) is 82.6 Å². The van der Waals surface area contributed by atoms with Crippen molar-refractivity contribution in [2.45, 2.75) is 19.9 Å². The minimum absolute atomic E-state index is 0.423. The highest BCUT2D eigenvalue weighted by Crippen LogP contribution is 2.14. The first-order valence-corrected chi connectivity index (χ1v) is 9.11. The zero-order chi connectivity index (χ0) is 15.0. The third kappa shape index (κ3) is 6.88. The lowest BCUT2D eigenvalue weighted by Crippen LogP contribution is -2.38. The van der Waals surface area contributed by atoms with Crippen LogP contribution in [0.4, 0.5) is 0 Å². The van der Waals surface area contributed by atoms with Crippen molar-refractivity contribution in [3.05, 3.63) is 21.9 Å². The van der Waals surface area contributed by atoms with E-state index in [0.717, 1.165) is 18.8 Å². The predicted molar refractivity (Wildman–Crippen MR) is 84.7 cm³/mol. The minimum atomic E-state index is -3.10. The second-order valence-corrected chi connectivity index (χ2v) is 7.23. The Balaban J connectivity index is 2.22. The van der Waals surface area contributed by atoms with E-state index in [9.17, 15) is 8.42 Å². The molecule has 0 unspecified atom stereocenters. The Morgan fingerprint density at radius 2 is 2.10 bits per heavy atom. The minimum Gasteiger partial charge on any atom is -0.356 e. The van der Waals surface area contributed by atoms with Gasteiger partial charge in [-0.1, -0.05) is 0 Å². The van der Waals surface area contributed by atoms with Gasteiger partial charge in [0.05, 0.1) is 12.8 Å². The van der Waals surface area contributed by atoms with Crippen LogP contribution < -0.4 is 15.4 Å². The van der Waals surface area contributed by atoms with E-state index in [1.807, 2.05) is 0 Å². The van der Waals surface area contributed by atoms with Crippen LogP contribution in [-0.2, 0) is 16.6 Å². The van der Waals surface area contributed by atoms with Gasteiger partial charge in [-0.05, 0) is 30.4 Å². The van der Waals surface area contributed by atoms with Crippen LogP contribution in [0.3, 0.4) is 0 Å². The molecule has 0 fully saturated rings. The van der Waals surface area contributed by atoms with E-state index < -0.39 is 10.0 Å². The van der Waals surface area contributed by atoms with Crippen molar-refractivity contribution in [1.29, 1.82) is 0 Å². The maximum atomic E-state index is 10.9. The lowest BCUT2D eigenvalue weighted by molar-refractivity contribution is 0.584. The number of thiophene rings is 1. The lowest BCUT2D eigenvalue weighted by atomic mass is 10.3. The summed E-state index contributed by atoms with van der Waals surface area (Å²) in [6.07, 6.45) is 1.86. The van der Waals surface area contributed by atoms with Crippen molar-refractivity contribution in [2.75, 3.05) is 26.4 Å². The second kappa shape index (κ2) is 8.23. The average molecular weight is 318 g/mol. The highest BCUT2D eigenvalue weighted by Gasteiger charge is 2.02. The van der Waals surface area contributed by atoms with E-state index in [2.05, 4.69) is 38.7 Å². The maximum absolute atomic E-state index is 10.9. The largest absolute Gasteiger partial charge is 0.356 e. The number of aliphatic imine (C=N–C) groups is 1. The molecule has 0 aliphatic rings. The molecule has 1 rings (SSSR count). The first-order valence-electron chi connectivity index (χ1n) is 6.34. The number of rotatable bonds is 7. The fraction of sp³-hybridized carbons (Fsp3) is 0.583. The highest BCUT2D eigenvalue weighted by molar-refractivity contribution is 7.88. The number of aryl methyl sites for hydroxylation is 1. The second-order valence-electron chi connectivity index (χ2n) is 4.40. The summed E-state index contributed by atoms with van der Waals surface area (Å²) in [5.74, 6) is 0.720. The normalized spacial score (nSPS) is 12.4. The molecule has 1 heterocycles. The Kier molecular flexibility index (Phi) is 6.97. The van der Waals surface area contributed by atoms with Crippen molar-refractivity contribution in [1.82, 2.24) is 15.4 Å². The van der Waals surface area contributed by atoms with Crippen LogP contribution in [0.1, 0.15) is 16.9 Å². The highest BCUT2D eigenvalue weighted by atomic mass is 32.2. The molecular formula is C12H22N4O2S2. The molecule has 0 aliphatic carbocycles. The quantitative estimate of drug-likeness (QED) is 0.392. The van der Waals surface area contributed by atoms with Crippen LogP contribution in [0, 0.1) is 6.92 Å². The van der Waals surface area contributed by atoms with Gasteiger partial charge in [0.15, 0.2) is 5.96 Å². The van der Waals surface area contributed by atoms with Crippen LogP contribution in [0.2, 0.25) is 0 Å². The lowest BCUT2D eigenvalue weighted by Gasteiger charge is -2.11. The van der Waals surface area contributed by atoms with Crippen LogP contribution in [-0.4, -0.2) is 40.8 Å². The molecular weight excluding hydrogens is 296 g/mol. The van der Waals surface area contributed by atoms with Gasteiger partial charge in [0.2, 0.25) is 10.0 Å². The van der Waals surface area contributed by atoms with Crippen LogP contribution >= 0.6 is 11.3 Å². The average Bonchev–Trinajstić information content (AvgIpc) is 2.77. The SMILES string of the molecule is CN=C(NCCCNS(C)(=O)=O)NCc1sccc1C. The summed E-state index contributed by atoms with van der Waals surface area (Å²) >= 11 is 1.71. The van der Waals surface area contributed by atoms with Crippen molar-refractivity contribution in [3.63, 3.8) is 0 Å². The zero-order valence-corrected chi connectivity index (χ0v) is 13.7. The van der Waals surface area contributed by atoms with E-state index in [-0.39, 0.29) is 0 Å². The monoisotopic (exact) mass is 318 g/mol. The standard InChI is InChI=1S/C12H22N4O2S2/c1-10-5-8-19-11(10)9-15-12(13-2)14-6-4-7-16-20(3,17)18/h5,8,16H,4,6-7,9H2,1-3H3,(H2,13,14,15). The van der Waals surface area contributed by atoms with E-state index in [4.69, 9.17) is 0 Å². The fourth-order valence-corrected chi connectivity index (χ4v) is 2.88. The molecule has 0 amide bonds. The third-order valence-electron chi connectivity index (χ3n) is 2.62. The summed E-state index contributed by atoms with van der Waals surface area (Å²) in [7, 11) is -1.38. The number of hydrogen-bond acceptors (Lipinski definition) is 4. The Morgan fingerprint density at radius 3 is 2.65 bits per heavy atom. The number of nitrogens with zero attached hydrogens (tertiary/aromatic N) is 1. The molecule has 8 heteroatoms. The van der Waals surface area contributed by atoms with Gasteiger partial charge in [0, 0.05) is 25.0 Å². The van der Waals surface area contributed by atoms with Gasteiger partial charge in [0.1, 0.15) is 0 Å². The van der Waals surface area contributed by atoms with Gasteiger partial charge in [-0.2, -0.15) is 0 Å². The molecule has 0 saturated heterocycles. The molecule has 0 aliphatic heterocycles. The molecule has 0 atom stereocenters. The first kappa shape index (κ1) is 16.9. The molecule has 0 radical (unpaired) electrons. The Labute approximate surface area is 124 Å². The van der Waals surface area contributed by atoms with E-state index in [0.29, 0.717) is 19.5 Å². The van der Waals surface area contributed by atoms with Gasteiger partial charge in [-0.25, -0.2) is 13.1 Å². The summed E-state index contributed by atoms with van der Waals surface area (Å²) in [5.41, 5.74) is 1.27. The molecule has 114 valence electrons. The van der Waals surface area contributed by atoms with Gasteiger partial charge >= 0.3 is 0 Å². The van der Waals surface area contributed by atoms with Crippen LogP contribution in [0.5, 0.6) is 0 Å². The van der Waals surface area contributed by atoms with Crippen molar-refractivity contribution < 1.29 is 8.42 Å². The predicted octanol–water partition coefficient (Wildman–Crippen LogP) is 0.661. The van der Waals surface area contributed by atoms with Gasteiger partial charge < -0.3 is 10.6 Å². The van der Waals surface area contributed by atoms with Crippen LogP contribution in [0.15, 0.2) is 16.4 Å².